The molecule has 0 amide bonds. The maximum absolute atomic E-state index is 13.1. The Labute approximate surface area is 209 Å². The summed E-state index contributed by atoms with van der Waals surface area (Å²) in [5, 5.41) is 0. The molecule has 4 aromatic carbocycles. The Bertz CT molecular complexity index is 1630. The van der Waals surface area contributed by atoms with E-state index in [0.717, 1.165) is 38.4 Å². The second kappa shape index (κ2) is 9.49. The molecule has 0 fully saturated rings. The van der Waals surface area contributed by atoms with Crippen molar-refractivity contribution in [3.63, 3.8) is 0 Å². The number of sulfonamides is 1. The van der Waals surface area contributed by atoms with Gasteiger partial charge in [0.15, 0.2) is 0 Å². The van der Waals surface area contributed by atoms with Gasteiger partial charge in [-0.05, 0) is 41.3 Å². The van der Waals surface area contributed by atoms with Crippen molar-refractivity contribution in [3.8, 4) is 32.8 Å². The zero-order valence-corrected chi connectivity index (χ0v) is 21.1. The number of aryl methyl sites for hydroxylation is 1. The standard InChI is InChI=1S/C29H24N2O2S2/c1-21-13-19-26(20-14-21)35(32,33)30-29-31(2)27(28(34-29)25-11-7-4-8-12-25)24-17-15-23(16-18-24)22-9-5-3-6-10-22/h3-20H,1-2H3. The molecular weight excluding hydrogens is 472 g/mol. The first-order chi connectivity index (χ1) is 16.9. The zero-order valence-electron chi connectivity index (χ0n) is 19.4. The van der Waals surface area contributed by atoms with Gasteiger partial charge >= 0.3 is 0 Å². The topological polar surface area (TPSA) is 51.4 Å². The van der Waals surface area contributed by atoms with Crippen molar-refractivity contribution in [2.24, 2.45) is 11.4 Å². The second-order valence-electron chi connectivity index (χ2n) is 8.31. The Kier molecular flexibility index (Phi) is 6.24. The van der Waals surface area contributed by atoms with Crippen LogP contribution in [0.2, 0.25) is 0 Å². The van der Waals surface area contributed by atoms with Gasteiger partial charge in [-0.15, -0.1) is 4.40 Å². The van der Waals surface area contributed by atoms with E-state index in [1.807, 2.05) is 67.1 Å². The lowest BCUT2D eigenvalue weighted by Crippen LogP contribution is -2.14. The number of hydrogen-bond acceptors (Lipinski definition) is 3. The molecule has 5 aromatic rings. The highest BCUT2D eigenvalue weighted by Crippen LogP contribution is 2.35. The lowest BCUT2D eigenvalue weighted by Gasteiger charge is -2.09. The third-order valence-corrected chi connectivity index (χ3v) is 8.43. The van der Waals surface area contributed by atoms with Crippen LogP contribution in [0.15, 0.2) is 118 Å². The number of nitrogens with zero attached hydrogens (tertiary/aromatic N) is 2. The summed E-state index contributed by atoms with van der Waals surface area (Å²) in [6.45, 7) is 1.92. The molecule has 5 rings (SSSR count). The molecule has 0 unspecified atom stereocenters. The molecule has 0 aliphatic heterocycles. The highest BCUT2D eigenvalue weighted by molar-refractivity contribution is 7.90. The van der Waals surface area contributed by atoms with Crippen LogP contribution in [-0.4, -0.2) is 13.0 Å². The van der Waals surface area contributed by atoms with Crippen LogP contribution in [0.25, 0.3) is 32.8 Å². The average Bonchev–Trinajstić information content (AvgIpc) is 3.20. The number of rotatable bonds is 5. The van der Waals surface area contributed by atoms with E-state index in [0.29, 0.717) is 4.80 Å². The van der Waals surface area contributed by atoms with Gasteiger partial charge in [-0.1, -0.05) is 114 Å². The highest BCUT2D eigenvalue weighted by Gasteiger charge is 2.18. The van der Waals surface area contributed by atoms with Gasteiger partial charge in [-0.2, -0.15) is 8.42 Å². The zero-order chi connectivity index (χ0) is 24.4. The van der Waals surface area contributed by atoms with E-state index in [4.69, 9.17) is 0 Å². The Morgan fingerprint density at radius 3 is 1.77 bits per heavy atom. The molecule has 0 bridgehead atoms. The summed E-state index contributed by atoms with van der Waals surface area (Å²) < 4.78 is 32.3. The van der Waals surface area contributed by atoms with Gasteiger partial charge in [0.1, 0.15) is 0 Å². The Balaban J connectivity index is 1.66. The van der Waals surface area contributed by atoms with Crippen LogP contribution in [0.3, 0.4) is 0 Å². The number of hydrogen-bond donors (Lipinski definition) is 0. The normalized spacial score (nSPS) is 12.1. The van der Waals surface area contributed by atoms with E-state index in [2.05, 4.69) is 40.8 Å². The van der Waals surface area contributed by atoms with E-state index in [1.165, 1.54) is 11.3 Å². The van der Waals surface area contributed by atoms with Crippen LogP contribution < -0.4 is 4.80 Å². The van der Waals surface area contributed by atoms with Gasteiger partial charge in [0.2, 0.25) is 4.80 Å². The van der Waals surface area contributed by atoms with Crippen molar-refractivity contribution in [2.45, 2.75) is 11.8 Å². The van der Waals surface area contributed by atoms with Crippen molar-refractivity contribution in [1.29, 1.82) is 0 Å². The maximum Gasteiger partial charge on any atom is 0.285 e. The van der Waals surface area contributed by atoms with Crippen LogP contribution in [0.4, 0.5) is 0 Å². The van der Waals surface area contributed by atoms with Gasteiger partial charge in [-0.3, -0.25) is 0 Å². The second-order valence-corrected chi connectivity index (χ2v) is 10.9. The van der Waals surface area contributed by atoms with E-state index < -0.39 is 10.0 Å². The molecule has 0 radical (unpaired) electrons. The molecule has 0 aliphatic rings. The SMILES string of the molecule is Cc1ccc(S(=O)(=O)N=c2sc(-c3ccccc3)c(-c3ccc(-c4ccccc4)cc3)n2C)cc1. The number of thiazole rings is 1. The van der Waals surface area contributed by atoms with Crippen molar-refractivity contribution >= 4 is 21.4 Å². The Morgan fingerprint density at radius 1 is 0.657 bits per heavy atom. The van der Waals surface area contributed by atoms with Crippen molar-refractivity contribution in [2.75, 3.05) is 0 Å². The van der Waals surface area contributed by atoms with Crippen LogP contribution in [-0.2, 0) is 17.1 Å². The minimum Gasteiger partial charge on any atom is -0.318 e. The summed E-state index contributed by atoms with van der Waals surface area (Å²) in [6.07, 6.45) is 0. The highest BCUT2D eigenvalue weighted by atomic mass is 32.2. The average molecular weight is 497 g/mol. The van der Waals surface area contributed by atoms with E-state index in [-0.39, 0.29) is 4.90 Å². The summed E-state index contributed by atoms with van der Waals surface area (Å²) in [7, 11) is -1.98. The van der Waals surface area contributed by atoms with Crippen molar-refractivity contribution in [1.82, 2.24) is 4.57 Å². The quantitative estimate of drug-likeness (QED) is 0.272. The lowest BCUT2D eigenvalue weighted by atomic mass is 10.0. The molecule has 0 spiro atoms. The number of aromatic nitrogens is 1. The largest absolute Gasteiger partial charge is 0.318 e. The Hall–Kier alpha value is -3.74. The minimum atomic E-state index is -3.85. The molecular formula is C29H24N2O2S2. The third-order valence-electron chi connectivity index (χ3n) is 5.85. The smallest absolute Gasteiger partial charge is 0.285 e. The lowest BCUT2D eigenvalue weighted by molar-refractivity contribution is 0.596. The van der Waals surface area contributed by atoms with Gasteiger partial charge < -0.3 is 4.57 Å². The summed E-state index contributed by atoms with van der Waals surface area (Å²) in [4.78, 5) is 1.58. The summed E-state index contributed by atoms with van der Waals surface area (Å²) in [5.41, 5.74) is 6.22. The molecule has 174 valence electrons. The van der Waals surface area contributed by atoms with Crippen LogP contribution >= 0.6 is 11.3 Å². The van der Waals surface area contributed by atoms with Gasteiger partial charge in [-0.25, -0.2) is 0 Å². The maximum atomic E-state index is 13.1. The first-order valence-corrected chi connectivity index (χ1v) is 13.5. The molecule has 6 heteroatoms. The van der Waals surface area contributed by atoms with Crippen LogP contribution in [0.5, 0.6) is 0 Å². The Morgan fingerprint density at radius 2 is 1.17 bits per heavy atom. The predicted octanol–water partition coefficient (Wildman–Crippen LogP) is 6.69. The summed E-state index contributed by atoms with van der Waals surface area (Å²) >= 11 is 1.38. The third kappa shape index (κ3) is 4.76. The minimum absolute atomic E-state index is 0.187. The molecule has 1 aromatic heterocycles. The van der Waals surface area contributed by atoms with E-state index >= 15 is 0 Å². The fourth-order valence-corrected chi connectivity index (χ4v) is 6.34. The number of benzene rings is 4. The fraction of sp³-hybridized carbons (Fsp3) is 0.0690. The molecule has 0 saturated heterocycles. The molecule has 0 aliphatic carbocycles. The van der Waals surface area contributed by atoms with Crippen molar-refractivity contribution < 1.29 is 8.42 Å². The van der Waals surface area contributed by atoms with Gasteiger partial charge in [0.05, 0.1) is 15.5 Å². The summed E-state index contributed by atoms with van der Waals surface area (Å²) in [6, 6.07) is 35.3. The molecule has 4 nitrogen and oxygen atoms in total. The molecule has 0 saturated carbocycles. The first kappa shape index (κ1) is 23.0. The monoisotopic (exact) mass is 496 g/mol. The fourth-order valence-electron chi connectivity index (χ4n) is 3.96. The summed E-state index contributed by atoms with van der Waals surface area (Å²) in [5.74, 6) is 0. The van der Waals surface area contributed by atoms with E-state index in [1.54, 1.807) is 24.3 Å². The predicted molar refractivity (Wildman–Crippen MR) is 144 cm³/mol. The molecule has 1 heterocycles. The van der Waals surface area contributed by atoms with Gasteiger partial charge in [0.25, 0.3) is 10.0 Å². The van der Waals surface area contributed by atoms with E-state index in [9.17, 15) is 8.42 Å². The van der Waals surface area contributed by atoms with Crippen molar-refractivity contribution in [3.05, 3.63) is 120 Å². The van der Waals surface area contributed by atoms with Gasteiger partial charge in [0, 0.05) is 7.05 Å². The van der Waals surface area contributed by atoms with Crippen LogP contribution in [0.1, 0.15) is 5.56 Å². The molecule has 0 atom stereocenters. The molecule has 35 heavy (non-hydrogen) atoms. The molecule has 0 N–H and O–H groups in total. The first-order valence-electron chi connectivity index (χ1n) is 11.2. The van der Waals surface area contributed by atoms with Crippen LogP contribution in [0, 0.1) is 6.92 Å².